The van der Waals surface area contributed by atoms with Gasteiger partial charge in [0.05, 0.1) is 16.7 Å². The molecule has 4 nitrogen and oxygen atoms in total. The van der Waals surface area contributed by atoms with Crippen molar-refractivity contribution in [1.29, 1.82) is 0 Å². The van der Waals surface area contributed by atoms with E-state index >= 15 is 0 Å². The van der Waals surface area contributed by atoms with Crippen molar-refractivity contribution in [2.75, 3.05) is 5.75 Å². The van der Waals surface area contributed by atoms with E-state index in [-0.39, 0.29) is 11.0 Å². The van der Waals surface area contributed by atoms with Gasteiger partial charge in [0.25, 0.3) is 0 Å². The summed E-state index contributed by atoms with van der Waals surface area (Å²) in [4.78, 5) is 0. The topological polar surface area (TPSA) is 60.2 Å². The minimum absolute atomic E-state index is 0.108. The molecule has 96 valence electrons. The van der Waals surface area contributed by atoms with Crippen LogP contribution in [0.15, 0.2) is 4.52 Å². The highest BCUT2D eigenvalue weighted by molar-refractivity contribution is 7.92. The van der Waals surface area contributed by atoms with E-state index in [2.05, 4.69) is 5.16 Å². The molecular weight excluding hydrogens is 238 g/mol. The van der Waals surface area contributed by atoms with Crippen LogP contribution < -0.4 is 0 Å². The molecule has 1 saturated carbocycles. The highest BCUT2D eigenvalue weighted by atomic mass is 32.2. The van der Waals surface area contributed by atoms with Crippen LogP contribution >= 0.6 is 0 Å². The number of aryl methyl sites for hydroxylation is 2. The van der Waals surface area contributed by atoms with E-state index < -0.39 is 9.84 Å². The lowest BCUT2D eigenvalue weighted by molar-refractivity contribution is 0.392. The molecule has 1 heterocycles. The minimum Gasteiger partial charge on any atom is -0.361 e. The van der Waals surface area contributed by atoms with Crippen molar-refractivity contribution in [3.8, 4) is 0 Å². The summed E-state index contributed by atoms with van der Waals surface area (Å²) in [7, 11) is -2.94. The Morgan fingerprint density at radius 2 is 1.94 bits per heavy atom. The third-order valence-corrected chi connectivity index (χ3v) is 5.89. The molecule has 0 amide bonds. The molecule has 0 unspecified atom stereocenters. The largest absolute Gasteiger partial charge is 0.361 e. The second-order valence-corrected chi connectivity index (χ2v) is 7.23. The van der Waals surface area contributed by atoms with E-state index in [1.165, 1.54) is 0 Å². The number of rotatable bonds is 4. The first-order valence-corrected chi connectivity index (χ1v) is 7.85. The van der Waals surface area contributed by atoms with Crippen LogP contribution in [0.2, 0.25) is 0 Å². The van der Waals surface area contributed by atoms with E-state index in [4.69, 9.17) is 4.52 Å². The lowest BCUT2D eigenvalue weighted by Crippen LogP contribution is -2.22. The molecular formula is C12H19NO3S. The summed E-state index contributed by atoms with van der Waals surface area (Å²) >= 11 is 0. The molecule has 0 aromatic carbocycles. The maximum absolute atomic E-state index is 12.1. The van der Waals surface area contributed by atoms with Gasteiger partial charge in [0, 0.05) is 5.56 Å². The molecule has 0 aliphatic heterocycles. The molecule has 1 aliphatic carbocycles. The molecule has 1 fully saturated rings. The zero-order chi connectivity index (χ0) is 12.5. The van der Waals surface area contributed by atoms with Gasteiger partial charge < -0.3 is 4.52 Å². The summed E-state index contributed by atoms with van der Waals surface area (Å²) < 4.78 is 29.2. The van der Waals surface area contributed by atoms with E-state index in [1.807, 2.05) is 13.8 Å². The normalized spacial score (nSPS) is 17.8. The molecule has 0 spiro atoms. The van der Waals surface area contributed by atoms with Crippen molar-refractivity contribution in [3.63, 3.8) is 0 Å². The number of hydrogen-bond donors (Lipinski definition) is 0. The van der Waals surface area contributed by atoms with Crippen LogP contribution in [0.5, 0.6) is 0 Å². The minimum atomic E-state index is -2.94. The highest BCUT2D eigenvalue weighted by Crippen LogP contribution is 2.26. The van der Waals surface area contributed by atoms with Crippen LogP contribution in [0.4, 0.5) is 0 Å². The summed E-state index contributed by atoms with van der Waals surface area (Å²) in [6, 6.07) is 0. The van der Waals surface area contributed by atoms with Gasteiger partial charge in [0.1, 0.15) is 5.76 Å². The average molecular weight is 257 g/mol. The molecule has 0 atom stereocenters. The Balaban J connectivity index is 2.02. The fourth-order valence-electron chi connectivity index (χ4n) is 2.52. The van der Waals surface area contributed by atoms with Gasteiger partial charge in [-0.1, -0.05) is 18.0 Å². The molecule has 2 rings (SSSR count). The Morgan fingerprint density at radius 1 is 1.29 bits per heavy atom. The van der Waals surface area contributed by atoms with E-state index in [0.29, 0.717) is 6.42 Å². The Kier molecular flexibility index (Phi) is 3.56. The first kappa shape index (κ1) is 12.6. The van der Waals surface area contributed by atoms with Gasteiger partial charge in [-0.3, -0.25) is 0 Å². The smallest absolute Gasteiger partial charge is 0.153 e. The number of nitrogens with zero attached hydrogens (tertiary/aromatic N) is 1. The van der Waals surface area contributed by atoms with Gasteiger partial charge >= 0.3 is 0 Å². The number of sulfone groups is 1. The standard InChI is InChI=1S/C12H19NO3S/c1-9-12(10(2)16-13-9)7-8-17(14,15)11-5-3-4-6-11/h11H,3-8H2,1-2H3. The van der Waals surface area contributed by atoms with Crippen molar-refractivity contribution in [1.82, 2.24) is 5.16 Å². The molecule has 0 saturated heterocycles. The highest BCUT2D eigenvalue weighted by Gasteiger charge is 2.28. The monoisotopic (exact) mass is 257 g/mol. The van der Waals surface area contributed by atoms with Gasteiger partial charge in [0.2, 0.25) is 0 Å². The Morgan fingerprint density at radius 3 is 2.47 bits per heavy atom. The molecule has 0 N–H and O–H groups in total. The van der Waals surface area contributed by atoms with Crippen molar-refractivity contribution < 1.29 is 12.9 Å². The van der Waals surface area contributed by atoms with Gasteiger partial charge in [-0.2, -0.15) is 0 Å². The van der Waals surface area contributed by atoms with Crippen molar-refractivity contribution in [2.45, 2.75) is 51.2 Å². The lowest BCUT2D eigenvalue weighted by Gasteiger charge is -2.10. The van der Waals surface area contributed by atoms with Crippen molar-refractivity contribution in [2.24, 2.45) is 0 Å². The predicted molar refractivity (Wildman–Crippen MR) is 65.7 cm³/mol. The summed E-state index contributed by atoms with van der Waals surface area (Å²) in [6.07, 6.45) is 4.30. The number of hydrogen-bond acceptors (Lipinski definition) is 4. The fraction of sp³-hybridized carbons (Fsp3) is 0.750. The average Bonchev–Trinajstić information content (AvgIpc) is 2.88. The van der Waals surface area contributed by atoms with Crippen LogP contribution in [-0.4, -0.2) is 24.6 Å². The van der Waals surface area contributed by atoms with Crippen molar-refractivity contribution in [3.05, 3.63) is 17.0 Å². The molecule has 0 radical (unpaired) electrons. The summed E-state index contributed by atoms with van der Waals surface area (Å²) in [6.45, 7) is 3.69. The van der Waals surface area contributed by atoms with Crippen LogP contribution in [0.25, 0.3) is 0 Å². The Bertz CT molecular complexity index is 464. The van der Waals surface area contributed by atoms with Crippen LogP contribution in [-0.2, 0) is 16.3 Å². The SMILES string of the molecule is Cc1noc(C)c1CCS(=O)(=O)C1CCCC1. The third kappa shape index (κ3) is 2.70. The second-order valence-electron chi connectivity index (χ2n) is 4.83. The van der Waals surface area contributed by atoms with E-state index in [9.17, 15) is 8.42 Å². The lowest BCUT2D eigenvalue weighted by atomic mass is 10.1. The van der Waals surface area contributed by atoms with Crippen molar-refractivity contribution >= 4 is 9.84 Å². The molecule has 1 aliphatic rings. The Labute approximate surface area is 102 Å². The molecule has 1 aromatic heterocycles. The maximum Gasteiger partial charge on any atom is 0.153 e. The fourth-order valence-corrected chi connectivity index (χ4v) is 4.39. The van der Waals surface area contributed by atoms with Gasteiger partial charge in [-0.25, -0.2) is 8.42 Å². The number of aromatic nitrogens is 1. The molecule has 5 heteroatoms. The summed E-state index contributed by atoms with van der Waals surface area (Å²) in [5.41, 5.74) is 1.76. The summed E-state index contributed by atoms with van der Waals surface area (Å²) in [5.74, 6) is 0.963. The first-order valence-electron chi connectivity index (χ1n) is 6.14. The Hall–Kier alpha value is -0.840. The van der Waals surface area contributed by atoms with Gasteiger partial charge in [0.15, 0.2) is 9.84 Å². The maximum atomic E-state index is 12.1. The zero-order valence-electron chi connectivity index (χ0n) is 10.4. The first-order chi connectivity index (χ1) is 8.00. The zero-order valence-corrected chi connectivity index (χ0v) is 11.2. The molecule has 0 bridgehead atoms. The van der Waals surface area contributed by atoms with Crippen LogP contribution in [0, 0.1) is 13.8 Å². The van der Waals surface area contributed by atoms with E-state index in [0.717, 1.165) is 42.7 Å². The third-order valence-electron chi connectivity index (χ3n) is 3.63. The molecule has 1 aromatic rings. The van der Waals surface area contributed by atoms with E-state index in [1.54, 1.807) is 0 Å². The van der Waals surface area contributed by atoms with Gasteiger partial charge in [-0.05, 0) is 33.1 Å². The van der Waals surface area contributed by atoms with Crippen LogP contribution in [0.3, 0.4) is 0 Å². The molecule has 17 heavy (non-hydrogen) atoms. The van der Waals surface area contributed by atoms with Crippen LogP contribution in [0.1, 0.15) is 42.7 Å². The quantitative estimate of drug-likeness (QED) is 0.829. The summed E-state index contributed by atoms with van der Waals surface area (Å²) in [5, 5.41) is 3.74. The van der Waals surface area contributed by atoms with Gasteiger partial charge in [-0.15, -0.1) is 0 Å². The second kappa shape index (κ2) is 4.80. The predicted octanol–water partition coefficient (Wildman–Crippen LogP) is 2.19.